The molecule has 148 valence electrons. The van der Waals surface area contributed by atoms with Crippen molar-refractivity contribution in [2.24, 2.45) is 7.05 Å². The second kappa shape index (κ2) is 7.26. The minimum absolute atomic E-state index is 0.0271. The van der Waals surface area contributed by atoms with Gasteiger partial charge in [0.1, 0.15) is 11.4 Å². The number of hydrogen-bond donors (Lipinski definition) is 0. The highest BCUT2D eigenvalue weighted by atomic mass is 16.2. The molecule has 8 nitrogen and oxygen atoms in total. The molecule has 0 aromatic carbocycles. The third-order valence-electron chi connectivity index (χ3n) is 5.43. The molecule has 0 radical (unpaired) electrons. The van der Waals surface area contributed by atoms with Gasteiger partial charge in [-0.2, -0.15) is 10.2 Å². The molecule has 0 spiro atoms. The van der Waals surface area contributed by atoms with Gasteiger partial charge in [-0.15, -0.1) is 0 Å². The Labute approximate surface area is 164 Å². The van der Waals surface area contributed by atoms with Crippen LogP contribution in [0.1, 0.15) is 47.7 Å². The topological polar surface area (TPSA) is 73.8 Å². The minimum Gasteiger partial charge on any atom is -0.332 e. The van der Waals surface area contributed by atoms with Crippen molar-refractivity contribution in [2.75, 3.05) is 6.54 Å². The van der Waals surface area contributed by atoms with E-state index in [1.54, 1.807) is 10.7 Å². The van der Waals surface area contributed by atoms with Crippen molar-refractivity contribution in [3.63, 3.8) is 0 Å². The van der Waals surface area contributed by atoms with E-state index in [4.69, 9.17) is 5.10 Å². The van der Waals surface area contributed by atoms with Gasteiger partial charge in [-0.3, -0.25) is 14.2 Å². The average molecular weight is 381 g/mol. The molecule has 0 N–H and O–H groups in total. The van der Waals surface area contributed by atoms with E-state index >= 15 is 0 Å². The fraction of sp³-hybridized carbons (Fsp3) is 0.500. The quantitative estimate of drug-likeness (QED) is 0.680. The maximum Gasteiger partial charge on any atom is 0.274 e. The van der Waals surface area contributed by atoms with Gasteiger partial charge in [-0.1, -0.05) is 6.92 Å². The molecule has 3 aromatic rings. The Morgan fingerprint density at radius 1 is 1.25 bits per heavy atom. The van der Waals surface area contributed by atoms with Gasteiger partial charge in [0.25, 0.3) is 5.91 Å². The number of carbonyl (C=O) groups is 1. The van der Waals surface area contributed by atoms with Crippen molar-refractivity contribution < 1.29 is 4.79 Å². The van der Waals surface area contributed by atoms with Crippen LogP contribution in [0.5, 0.6) is 0 Å². The second-order valence-corrected chi connectivity index (χ2v) is 7.31. The molecule has 3 aromatic heterocycles. The number of hydrogen-bond acceptors (Lipinski definition) is 4. The molecular weight excluding hydrogens is 354 g/mol. The van der Waals surface area contributed by atoms with Crippen molar-refractivity contribution >= 4 is 5.91 Å². The summed E-state index contributed by atoms with van der Waals surface area (Å²) in [5.74, 6) is 0.862. The molecule has 4 heterocycles. The largest absolute Gasteiger partial charge is 0.332 e. The van der Waals surface area contributed by atoms with Crippen molar-refractivity contribution in [2.45, 2.75) is 53.2 Å². The molecule has 4 rings (SSSR count). The van der Waals surface area contributed by atoms with Gasteiger partial charge >= 0.3 is 0 Å². The van der Waals surface area contributed by atoms with Gasteiger partial charge in [-0.25, -0.2) is 4.98 Å². The van der Waals surface area contributed by atoms with Gasteiger partial charge in [0, 0.05) is 62.4 Å². The lowest BCUT2D eigenvalue weighted by Gasteiger charge is -2.27. The van der Waals surface area contributed by atoms with Crippen LogP contribution in [0.2, 0.25) is 0 Å². The molecule has 1 aliphatic heterocycles. The van der Waals surface area contributed by atoms with Crippen molar-refractivity contribution in [1.29, 1.82) is 0 Å². The van der Waals surface area contributed by atoms with Crippen LogP contribution < -0.4 is 0 Å². The van der Waals surface area contributed by atoms with Crippen LogP contribution in [0, 0.1) is 6.92 Å². The van der Waals surface area contributed by atoms with E-state index in [9.17, 15) is 4.79 Å². The van der Waals surface area contributed by atoms with E-state index in [0.29, 0.717) is 18.8 Å². The maximum atomic E-state index is 13.0. The molecular formula is C20H27N7O. The molecule has 0 saturated carbocycles. The number of aryl methyl sites for hydroxylation is 3. The van der Waals surface area contributed by atoms with Crippen LogP contribution in [0.4, 0.5) is 0 Å². The summed E-state index contributed by atoms with van der Waals surface area (Å²) in [7, 11) is 1.97. The fourth-order valence-electron chi connectivity index (χ4n) is 3.92. The Hall–Kier alpha value is -2.90. The van der Waals surface area contributed by atoms with Crippen LogP contribution in [-0.2, 0) is 33.1 Å². The predicted octanol–water partition coefficient (Wildman–Crippen LogP) is 2.42. The van der Waals surface area contributed by atoms with E-state index in [-0.39, 0.29) is 5.91 Å². The Balaban J connectivity index is 1.68. The van der Waals surface area contributed by atoms with E-state index in [0.717, 1.165) is 48.7 Å². The minimum atomic E-state index is -0.0271. The summed E-state index contributed by atoms with van der Waals surface area (Å²) in [6.07, 6.45) is 5.56. The molecule has 8 heteroatoms. The number of nitrogens with zero attached hydrogens (tertiary/aromatic N) is 7. The first-order valence-corrected chi connectivity index (χ1v) is 9.93. The molecule has 28 heavy (non-hydrogen) atoms. The summed E-state index contributed by atoms with van der Waals surface area (Å²) in [4.78, 5) is 19.5. The SMILES string of the molecule is CCCn1c(C)cnc1-c1nn(C)c2c1CN(C(=O)c1ccn(CC)n1)CC2. The standard InChI is InChI=1S/C20H27N7O/c1-5-9-27-14(3)12-21-19(27)18-15-13-25(10-8-17(15)24(4)23-18)20(28)16-7-11-26(6-2)22-16/h7,11-12H,5-6,8-10,13H2,1-4H3. The zero-order valence-corrected chi connectivity index (χ0v) is 17.0. The smallest absolute Gasteiger partial charge is 0.274 e. The lowest BCUT2D eigenvalue weighted by Crippen LogP contribution is -2.36. The summed E-state index contributed by atoms with van der Waals surface area (Å²) in [6.45, 7) is 9.11. The summed E-state index contributed by atoms with van der Waals surface area (Å²) in [5.41, 5.74) is 4.79. The summed E-state index contributed by atoms with van der Waals surface area (Å²) < 4.78 is 5.94. The van der Waals surface area contributed by atoms with Gasteiger partial charge in [-0.05, 0) is 26.3 Å². The number of amides is 1. The van der Waals surface area contributed by atoms with Crippen LogP contribution in [0.25, 0.3) is 11.5 Å². The summed E-state index contributed by atoms with van der Waals surface area (Å²) in [6, 6.07) is 1.79. The van der Waals surface area contributed by atoms with E-state index in [2.05, 4.69) is 28.5 Å². The first-order valence-electron chi connectivity index (χ1n) is 9.93. The third-order valence-corrected chi connectivity index (χ3v) is 5.43. The molecule has 0 unspecified atom stereocenters. The van der Waals surface area contributed by atoms with Crippen LogP contribution >= 0.6 is 0 Å². The van der Waals surface area contributed by atoms with Gasteiger partial charge in [0.15, 0.2) is 5.82 Å². The summed E-state index contributed by atoms with van der Waals surface area (Å²) >= 11 is 0. The zero-order valence-electron chi connectivity index (χ0n) is 17.0. The molecule has 0 saturated heterocycles. The number of rotatable bonds is 5. The van der Waals surface area contributed by atoms with Crippen molar-refractivity contribution in [1.82, 2.24) is 34.0 Å². The first kappa shape index (κ1) is 18.5. The molecule has 0 fully saturated rings. The summed E-state index contributed by atoms with van der Waals surface area (Å²) in [5, 5.41) is 9.15. The van der Waals surface area contributed by atoms with Gasteiger partial charge < -0.3 is 9.47 Å². The average Bonchev–Trinajstić information content (AvgIpc) is 3.40. The number of fused-ring (bicyclic) bond motifs is 1. The van der Waals surface area contributed by atoms with Gasteiger partial charge in [0.05, 0.1) is 6.54 Å². The van der Waals surface area contributed by atoms with Crippen molar-refractivity contribution in [3.8, 4) is 11.5 Å². The Bertz CT molecular complexity index is 1010. The molecule has 0 atom stereocenters. The maximum absolute atomic E-state index is 13.0. The van der Waals surface area contributed by atoms with Crippen LogP contribution in [0.15, 0.2) is 18.5 Å². The zero-order chi connectivity index (χ0) is 19.8. The van der Waals surface area contributed by atoms with E-state index in [1.165, 1.54) is 5.69 Å². The fourth-order valence-corrected chi connectivity index (χ4v) is 3.92. The first-order chi connectivity index (χ1) is 13.5. The Kier molecular flexibility index (Phi) is 4.78. The monoisotopic (exact) mass is 381 g/mol. The normalized spacial score (nSPS) is 13.8. The lowest BCUT2D eigenvalue weighted by molar-refractivity contribution is 0.0726. The predicted molar refractivity (Wildman–Crippen MR) is 106 cm³/mol. The Morgan fingerprint density at radius 3 is 2.79 bits per heavy atom. The number of imidazole rings is 1. The van der Waals surface area contributed by atoms with Crippen LogP contribution in [0.3, 0.4) is 0 Å². The second-order valence-electron chi connectivity index (χ2n) is 7.31. The highest BCUT2D eigenvalue weighted by molar-refractivity contribution is 5.92. The molecule has 0 aliphatic carbocycles. The lowest BCUT2D eigenvalue weighted by atomic mass is 10.0. The third kappa shape index (κ3) is 3.02. The highest BCUT2D eigenvalue weighted by Crippen LogP contribution is 2.30. The van der Waals surface area contributed by atoms with E-state index < -0.39 is 0 Å². The van der Waals surface area contributed by atoms with E-state index in [1.807, 2.05) is 35.9 Å². The number of carbonyl (C=O) groups excluding carboxylic acids is 1. The number of aromatic nitrogens is 6. The molecule has 1 amide bonds. The van der Waals surface area contributed by atoms with Gasteiger partial charge in [0.2, 0.25) is 0 Å². The van der Waals surface area contributed by atoms with Crippen LogP contribution in [-0.4, -0.2) is 46.5 Å². The highest BCUT2D eigenvalue weighted by Gasteiger charge is 2.30. The van der Waals surface area contributed by atoms with Crippen molar-refractivity contribution in [3.05, 3.63) is 41.1 Å². The Morgan fingerprint density at radius 2 is 2.07 bits per heavy atom. The molecule has 1 aliphatic rings. The molecule has 0 bridgehead atoms.